The number of ether oxygens (including phenoxy) is 2. The number of methoxy groups -OCH3 is 1. The van der Waals surface area contributed by atoms with E-state index in [9.17, 15) is 19.2 Å². The van der Waals surface area contributed by atoms with E-state index in [0.29, 0.717) is 5.56 Å². The Hall–Kier alpha value is -5.18. The fourth-order valence-electron chi connectivity index (χ4n) is 5.36. The average molecular weight is 594 g/mol. The van der Waals surface area contributed by atoms with Crippen molar-refractivity contribution < 1.29 is 19.1 Å². The molecule has 0 radical (unpaired) electrons. The maximum Gasteiger partial charge on any atom is 0.411 e. The Kier molecular flexibility index (Phi) is 8.66. The molecule has 0 atom stereocenters. The number of rotatable bonds is 7. The van der Waals surface area contributed by atoms with Crippen molar-refractivity contribution in [2.75, 3.05) is 13.7 Å². The van der Waals surface area contributed by atoms with Crippen LogP contribution in [0.4, 0.5) is 4.79 Å². The van der Waals surface area contributed by atoms with Crippen molar-refractivity contribution in [1.82, 2.24) is 14.5 Å². The fraction of sp³-hybridized carbons (Fsp3) is 0.257. The zero-order valence-electron chi connectivity index (χ0n) is 25.2. The largest absolute Gasteiger partial charge is 0.468 e. The van der Waals surface area contributed by atoms with Crippen LogP contribution in [0, 0.1) is 0 Å². The van der Waals surface area contributed by atoms with E-state index in [1.165, 1.54) is 16.6 Å². The van der Waals surface area contributed by atoms with Gasteiger partial charge in [-0.3, -0.25) is 24.0 Å². The number of nitrogens with zero attached hydrogens (tertiary/aromatic N) is 2. The molecular weight excluding hydrogens is 558 g/mol. The lowest BCUT2D eigenvalue weighted by Crippen LogP contribution is -2.39. The van der Waals surface area contributed by atoms with E-state index in [1.807, 2.05) is 84.9 Å². The molecule has 44 heavy (non-hydrogen) atoms. The monoisotopic (exact) mass is 593 g/mol. The molecule has 0 saturated carbocycles. The number of carbonyl (C=O) groups excluding carboxylic acids is 2. The summed E-state index contributed by atoms with van der Waals surface area (Å²) in [6, 6.07) is 23.2. The summed E-state index contributed by atoms with van der Waals surface area (Å²) < 4.78 is 11.8. The molecule has 1 aromatic heterocycles. The Morgan fingerprint density at radius 2 is 1.48 bits per heavy atom. The van der Waals surface area contributed by atoms with Crippen molar-refractivity contribution >= 4 is 24.2 Å². The highest BCUT2D eigenvalue weighted by Crippen LogP contribution is 2.37. The molecule has 1 amide bonds. The molecule has 4 aromatic rings. The summed E-state index contributed by atoms with van der Waals surface area (Å²) in [4.78, 5) is 55.1. The first-order chi connectivity index (χ1) is 21.0. The predicted molar refractivity (Wildman–Crippen MR) is 168 cm³/mol. The van der Waals surface area contributed by atoms with Crippen molar-refractivity contribution in [3.63, 3.8) is 0 Å². The van der Waals surface area contributed by atoms with Crippen LogP contribution in [-0.2, 0) is 27.4 Å². The van der Waals surface area contributed by atoms with E-state index in [0.717, 1.165) is 33.4 Å². The third-order valence-corrected chi connectivity index (χ3v) is 7.32. The van der Waals surface area contributed by atoms with E-state index in [4.69, 9.17) is 9.47 Å². The number of carbonyl (C=O) groups is 2. The van der Waals surface area contributed by atoms with Gasteiger partial charge in [0.2, 0.25) is 0 Å². The molecule has 0 unspecified atom stereocenters. The fourth-order valence-corrected chi connectivity index (χ4v) is 5.36. The number of hydrogen-bond donors (Lipinski definition) is 1. The molecule has 0 spiro atoms. The number of aromatic amines is 1. The Labute approximate surface area is 255 Å². The lowest BCUT2D eigenvalue weighted by atomic mass is 9.83. The van der Waals surface area contributed by atoms with Crippen molar-refractivity contribution in [3.8, 4) is 0 Å². The smallest absolute Gasteiger partial charge is 0.411 e. The molecule has 0 fully saturated rings. The van der Waals surface area contributed by atoms with Crippen molar-refractivity contribution in [2.45, 2.75) is 45.4 Å². The second-order valence-corrected chi connectivity index (χ2v) is 11.7. The first-order valence-electron chi connectivity index (χ1n) is 14.3. The van der Waals surface area contributed by atoms with Gasteiger partial charge in [0.15, 0.2) is 0 Å². The maximum atomic E-state index is 13.4. The summed E-state index contributed by atoms with van der Waals surface area (Å²) in [7, 11) is 1.26. The summed E-state index contributed by atoms with van der Waals surface area (Å²) in [6.07, 6.45) is 5.09. The summed E-state index contributed by atoms with van der Waals surface area (Å²) >= 11 is 0. The van der Waals surface area contributed by atoms with Crippen LogP contribution in [0.15, 0.2) is 88.6 Å². The highest BCUT2D eigenvalue weighted by Gasteiger charge is 2.27. The lowest BCUT2D eigenvalue weighted by Gasteiger charge is -2.27. The van der Waals surface area contributed by atoms with Gasteiger partial charge in [-0.2, -0.15) is 0 Å². The Morgan fingerprint density at radius 3 is 2.09 bits per heavy atom. The Bertz CT molecular complexity index is 1800. The molecule has 1 N–H and O–H groups in total. The number of hydrogen-bond acceptors (Lipinski definition) is 6. The van der Waals surface area contributed by atoms with Gasteiger partial charge in [-0.05, 0) is 54.2 Å². The van der Waals surface area contributed by atoms with Crippen LogP contribution in [0.25, 0.3) is 12.2 Å². The molecule has 0 bridgehead atoms. The molecule has 1 aliphatic rings. The van der Waals surface area contributed by atoms with Gasteiger partial charge in [0, 0.05) is 24.2 Å². The number of fused-ring (bicyclic) bond motifs is 2. The Morgan fingerprint density at radius 1 is 0.864 bits per heavy atom. The minimum atomic E-state index is -0.745. The summed E-state index contributed by atoms with van der Waals surface area (Å²) in [5, 5.41) is 0. The number of benzene rings is 3. The molecule has 1 heterocycles. The van der Waals surface area contributed by atoms with Gasteiger partial charge in [0.05, 0.1) is 13.7 Å². The maximum absolute atomic E-state index is 13.4. The first-order valence-corrected chi connectivity index (χ1v) is 14.3. The molecule has 0 aliphatic heterocycles. The number of aromatic nitrogens is 2. The summed E-state index contributed by atoms with van der Waals surface area (Å²) in [6.45, 7) is 5.24. The van der Waals surface area contributed by atoms with E-state index >= 15 is 0 Å². The third-order valence-electron chi connectivity index (χ3n) is 7.32. The molecular formula is C35H35N3O6. The zero-order valence-corrected chi connectivity index (χ0v) is 25.2. The Balaban J connectivity index is 1.48. The van der Waals surface area contributed by atoms with Gasteiger partial charge >= 0.3 is 17.8 Å². The molecule has 226 valence electrons. The average Bonchev–Trinajstić information content (AvgIpc) is 3.14. The number of esters is 1. The number of nitrogens with one attached hydrogen (secondary N) is 1. The van der Waals surface area contributed by atoms with Gasteiger partial charge in [-0.1, -0.05) is 84.9 Å². The van der Waals surface area contributed by atoms with Gasteiger partial charge in [-0.15, -0.1) is 0 Å². The zero-order chi connectivity index (χ0) is 31.4. The number of amides is 1. The molecule has 9 heteroatoms. The summed E-state index contributed by atoms with van der Waals surface area (Å²) in [5.74, 6) is -0.962. The molecule has 5 rings (SSSR count). The van der Waals surface area contributed by atoms with E-state index in [2.05, 4.69) is 4.98 Å². The second kappa shape index (κ2) is 12.6. The van der Waals surface area contributed by atoms with Crippen LogP contribution < -0.4 is 11.2 Å². The minimum Gasteiger partial charge on any atom is -0.468 e. The minimum absolute atomic E-state index is 0.0896. The van der Waals surface area contributed by atoms with Gasteiger partial charge in [0.1, 0.15) is 12.1 Å². The quantitative estimate of drug-likeness (QED) is 0.261. The van der Waals surface area contributed by atoms with Crippen LogP contribution in [0.1, 0.15) is 65.6 Å². The van der Waals surface area contributed by atoms with Crippen LogP contribution in [-0.4, -0.2) is 45.8 Å². The summed E-state index contributed by atoms with van der Waals surface area (Å²) in [5.41, 5.74) is 4.19. The van der Waals surface area contributed by atoms with Gasteiger partial charge in [0.25, 0.3) is 5.56 Å². The predicted octanol–water partition coefficient (Wildman–Crippen LogP) is 5.16. The van der Waals surface area contributed by atoms with E-state index < -0.39 is 28.9 Å². The first kappa shape index (κ1) is 30.3. The van der Waals surface area contributed by atoms with Crippen LogP contribution in [0.3, 0.4) is 0 Å². The highest BCUT2D eigenvalue weighted by atomic mass is 16.6. The van der Waals surface area contributed by atoms with Crippen LogP contribution >= 0.6 is 0 Å². The lowest BCUT2D eigenvalue weighted by molar-refractivity contribution is -0.142. The SMILES string of the molecule is COC(=O)CN(Cc1cccc(Cn2cc(C3c4ccccc4C=Cc4ccccc43)c(=O)[nH]c2=O)c1)C(=O)OC(C)(C)C. The highest BCUT2D eigenvalue weighted by molar-refractivity contribution is 5.78. The molecule has 1 aliphatic carbocycles. The molecule has 0 saturated heterocycles. The van der Waals surface area contributed by atoms with Crippen molar-refractivity contribution in [1.29, 1.82) is 0 Å². The van der Waals surface area contributed by atoms with E-state index in [1.54, 1.807) is 27.0 Å². The van der Waals surface area contributed by atoms with Crippen LogP contribution in [0.2, 0.25) is 0 Å². The van der Waals surface area contributed by atoms with Crippen molar-refractivity contribution in [3.05, 3.63) is 139 Å². The van der Waals surface area contributed by atoms with Gasteiger partial charge in [-0.25, -0.2) is 9.59 Å². The van der Waals surface area contributed by atoms with Crippen LogP contribution in [0.5, 0.6) is 0 Å². The van der Waals surface area contributed by atoms with Crippen molar-refractivity contribution in [2.24, 2.45) is 0 Å². The van der Waals surface area contributed by atoms with E-state index in [-0.39, 0.29) is 25.6 Å². The topological polar surface area (TPSA) is 111 Å². The molecule has 9 nitrogen and oxygen atoms in total. The third kappa shape index (κ3) is 6.89. The standard InChI is InChI=1S/C35H35N3O6/c1-35(2,3)44-34(42)38(22-30(39)43-4)20-24-11-9-10-23(18-24)19-37-21-29(32(40)36-33(37)41)31-27-14-7-5-12-25(27)16-17-26-13-6-8-15-28(26)31/h5-18,21,31H,19-20,22H2,1-4H3,(H,36,40,41). The normalized spacial score (nSPS) is 12.5. The van der Waals surface area contributed by atoms with Gasteiger partial charge < -0.3 is 9.47 Å². The second-order valence-electron chi connectivity index (χ2n) is 11.7. The number of H-pyrrole nitrogens is 1. The molecule has 3 aromatic carbocycles.